The lowest BCUT2D eigenvalue weighted by Crippen LogP contribution is -2.37. The Morgan fingerprint density at radius 2 is 2.21 bits per heavy atom. The molecule has 0 spiro atoms. The summed E-state index contributed by atoms with van der Waals surface area (Å²) < 4.78 is 13.6. The van der Waals surface area contributed by atoms with Crippen LogP contribution in [-0.2, 0) is 4.79 Å². The van der Waals surface area contributed by atoms with Gasteiger partial charge >= 0.3 is 0 Å². The van der Waals surface area contributed by atoms with Crippen LogP contribution in [0.4, 0.5) is 15.8 Å². The van der Waals surface area contributed by atoms with Crippen molar-refractivity contribution in [3.63, 3.8) is 0 Å². The third-order valence-electron chi connectivity index (χ3n) is 2.35. The van der Waals surface area contributed by atoms with Crippen LogP contribution in [0.5, 0.6) is 0 Å². The van der Waals surface area contributed by atoms with Crippen LogP contribution < -0.4 is 10.6 Å². The highest BCUT2D eigenvalue weighted by molar-refractivity contribution is 14.1. The van der Waals surface area contributed by atoms with Gasteiger partial charge in [-0.15, -0.1) is 0 Å². The Balaban J connectivity index is 3.03. The first-order valence-electron chi connectivity index (χ1n) is 5.54. The van der Waals surface area contributed by atoms with Crippen LogP contribution in [0.1, 0.15) is 13.8 Å². The monoisotopic (exact) mass is 381 g/mol. The van der Waals surface area contributed by atoms with Gasteiger partial charge in [-0.1, -0.05) is 0 Å². The summed E-state index contributed by atoms with van der Waals surface area (Å²) in [4.78, 5) is 21.8. The first kappa shape index (κ1) is 15.6. The van der Waals surface area contributed by atoms with Gasteiger partial charge in [-0.2, -0.15) is 0 Å². The molecule has 0 heterocycles. The summed E-state index contributed by atoms with van der Waals surface area (Å²) in [5, 5.41) is 16.1. The van der Waals surface area contributed by atoms with Gasteiger partial charge in [0.1, 0.15) is 17.5 Å². The van der Waals surface area contributed by atoms with Gasteiger partial charge in [0.15, 0.2) is 0 Å². The lowest BCUT2D eigenvalue weighted by molar-refractivity contribution is -0.384. The summed E-state index contributed by atoms with van der Waals surface area (Å²) in [6, 6.07) is 1.45. The van der Waals surface area contributed by atoms with Crippen LogP contribution in [0.3, 0.4) is 0 Å². The van der Waals surface area contributed by atoms with Crippen molar-refractivity contribution in [2.24, 2.45) is 0 Å². The molecule has 1 aromatic carbocycles. The molecule has 0 aliphatic heterocycles. The second-order valence-corrected chi connectivity index (χ2v) is 4.96. The number of hydrogen-bond donors (Lipinski definition) is 2. The summed E-state index contributed by atoms with van der Waals surface area (Å²) in [6.07, 6.45) is 0. The maximum atomic E-state index is 13.5. The average molecular weight is 381 g/mol. The molecule has 19 heavy (non-hydrogen) atoms. The van der Waals surface area contributed by atoms with Crippen molar-refractivity contribution in [2.75, 3.05) is 11.9 Å². The molecule has 2 N–H and O–H groups in total. The number of carbonyl (C=O) groups is 1. The number of nitro benzene ring substituents is 1. The quantitative estimate of drug-likeness (QED) is 0.466. The highest BCUT2D eigenvalue weighted by atomic mass is 127. The van der Waals surface area contributed by atoms with Gasteiger partial charge in [0.2, 0.25) is 5.91 Å². The lowest BCUT2D eigenvalue weighted by atomic mass is 10.2. The van der Waals surface area contributed by atoms with Crippen molar-refractivity contribution in [1.82, 2.24) is 5.32 Å². The van der Waals surface area contributed by atoms with Crippen LogP contribution in [0.15, 0.2) is 12.1 Å². The number of carbonyl (C=O) groups excluding carboxylic acids is 1. The Bertz CT molecular complexity index is 510. The number of hydrogen-bond acceptors (Lipinski definition) is 4. The summed E-state index contributed by atoms with van der Waals surface area (Å²) in [7, 11) is 0. The summed E-state index contributed by atoms with van der Waals surface area (Å²) in [6.45, 7) is 3.76. The lowest BCUT2D eigenvalue weighted by Gasteiger charge is -2.15. The molecule has 1 aromatic rings. The summed E-state index contributed by atoms with van der Waals surface area (Å²) in [5.41, 5.74) is -0.274. The molecule has 1 atom stereocenters. The number of nitrogens with zero attached hydrogens (tertiary/aromatic N) is 1. The standard InChI is InChI=1S/C11H13FIN3O3/c1-3-14-11(17)6(2)15-9-4-7(12)8(13)5-10(9)16(18)19/h4-6,15H,3H2,1-2H3,(H,14,17). The van der Waals surface area contributed by atoms with Crippen LogP contribution in [0.2, 0.25) is 0 Å². The van der Waals surface area contributed by atoms with Crippen molar-refractivity contribution in [3.8, 4) is 0 Å². The van der Waals surface area contributed by atoms with Gasteiger partial charge < -0.3 is 10.6 Å². The van der Waals surface area contributed by atoms with E-state index in [9.17, 15) is 19.3 Å². The molecule has 8 heteroatoms. The van der Waals surface area contributed by atoms with Crippen molar-refractivity contribution < 1.29 is 14.1 Å². The number of benzene rings is 1. The number of anilines is 1. The van der Waals surface area contributed by atoms with E-state index in [-0.39, 0.29) is 20.9 Å². The van der Waals surface area contributed by atoms with Gasteiger partial charge in [0, 0.05) is 18.7 Å². The molecule has 0 saturated heterocycles. The molecule has 0 aliphatic carbocycles. The molecule has 1 amide bonds. The van der Waals surface area contributed by atoms with E-state index in [1.807, 2.05) is 0 Å². The van der Waals surface area contributed by atoms with E-state index in [1.54, 1.807) is 36.4 Å². The summed E-state index contributed by atoms with van der Waals surface area (Å²) in [5.74, 6) is -0.882. The van der Waals surface area contributed by atoms with E-state index in [0.717, 1.165) is 12.1 Å². The largest absolute Gasteiger partial charge is 0.368 e. The van der Waals surface area contributed by atoms with Crippen LogP contribution in [0.25, 0.3) is 0 Å². The molecule has 1 unspecified atom stereocenters. The van der Waals surface area contributed by atoms with E-state index in [1.165, 1.54) is 0 Å². The fraction of sp³-hybridized carbons (Fsp3) is 0.364. The van der Waals surface area contributed by atoms with E-state index in [0.29, 0.717) is 6.54 Å². The second kappa shape index (κ2) is 6.64. The Labute approximate surface area is 123 Å². The maximum absolute atomic E-state index is 13.5. The molecule has 0 aliphatic rings. The molecular weight excluding hydrogens is 368 g/mol. The average Bonchev–Trinajstić information content (AvgIpc) is 2.33. The minimum absolute atomic E-state index is 0.0123. The van der Waals surface area contributed by atoms with Crippen molar-refractivity contribution in [2.45, 2.75) is 19.9 Å². The maximum Gasteiger partial charge on any atom is 0.293 e. The molecule has 6 nitrogen and oxygen atoms in total. The third-order valence-corrected chi connectivity index (χ3v) is 3.18. The van der Waals surface area contributed by atoms with Crippen molar-refractivity contribution in [3.05, 3.63) is 31.6 Å². The van der Waals surface area contributed by atoms with Crippen LogP contribution in [0, 0.1) is 19.5 Å². The van der Waals surface area contributed by atoms with Gasteiger partial charge in [0.05, 0.1) is 8.49 Å². The molecule has 0 radical (unpaired) electrons. The number of likely N-dealkylation sites (N-methyl/N-ethyl adjacent to an activating group) is 1. The third kappa shape index (κ3) is 4.01. The molecule has 104 valence electrons. The highest BCUT2D eigenvalue weighted by Gasteiger charge is 2.21. The van der Waals surface area contributed by atoms with E-state index < -0.39 is 16.8 Å². The smallest absolute Gasteiger partial charge is 0.293 e. The van der Waals surface area contributed by atoms with Crippen LogP contribution >= 0.6 is 22.6 Å². The zero-order valence-electron chi connectivity index (χ0n) is 10.4. The predicted molar refractivity (Wildman–Crippen MR) is 77.5 cm³/mol. The molecule has 0 bridgehead atoms. The van der Waals surface area contributed by atoms with E-state index in [2.05, 4.69) is 10.6 Å². The topological polar surface area (TPSA) is 84.3 Å². The summed E-state index contributed by atoms with van der Waals surface area (Å²) >= 11 is 1.67. The first-order chi connectivity index (χ1) is 8.86. The van der Waals surface area contributed by atoms with E-state index >= 15 is 0 Å². The van der Waals surface area contributed by atoms with Crippen molar-refractivity contribution >= 4 is 39.9 Å². The fourth-order valence-electron chi connectivity index (χ4n) is 1.43. The minimum Gasteiger partial charge on any atom is -0.368 e. The molecule has 0 aromatic heterocycles. The Morgan fingerprint density at radius 3 is 2.74 bits per heavy atom. The van der Waals surface area contributed by atoms with Crippen LogP contribution in [-0.4, -0.2) is 23.4 Å². The highest BCUT2D eigenvalue weighted by Crippen LogP contribution is 2.29. The fourth-order valence-corrected chi connectivity index (χ4v) is 1.88. The molecule has 0 fully saturated rings. The zero-order chi connectivity index (χ0) is 14.6. The van der Waals surface area contributed by atoms with Gasteiger partial charge in [-0.3, -0.25) is 14.9 Å². The molecular formula is C11H13FIN3O3. The SMILES string of the molecule is CCNC(=O)C(C)Nc1cc(F)c(I)cc1[N+](=O)[O-]. The number of nitro groups is 1. The number of nitrogens with one attached hydrogen (secondary N) is 2. The number of halogens is 2. The number of amides is 1. The molecule has 0 saturated carbocycles. The Kier molecular flexibility index (Phi) is 5.45. The van der Waals surface area contributed by atoms with E-state index in [4.69, 9.17) is 0 Å². The molecule has 1 rings (SSSR count). The van der Waals surface area contributed by atoms with Gasteiger partial charge in [-0.25, -0.2) is 4.39 Å². The predicted octanol–water partition coefficient (Wildman–Crippen LogP) is 2.28. The normalized spacial score (nSPS) is 11.8. The Morgan fingerprint density at radius 1 is 1.58 bits per heavy atom. The Hall–Kier alpha value is -1.45. The second-order valence-electron chi connectivity index (χ2n) is 3.80. The van der Waals surface area contributed by atoms with Crippen molar-refractivity contribution in [1.29, 1.82) is 0 Å². The van der Waals surface area contributed by atoms with Gasteiger partial charge in [0.25, 0.3) is 5.69 Å². The number of rotatable bonds is 5. The minimum atomic E-state index is -0.696. The zero-order valence-corrected chi connectivity index (χ0v) is 12.5. The first-order valence-corrected chi connectivity index (χ1v) is 6.62. The van der Waals surface area contributed by atoms with Gasteiger partial charge in [-0.05, 0) is 36.4 Å².